The predicted molar refractivity (Wildman–Crippen MR) is 218 cm³/mol. The zero-order valence-electron chi connectivity index (χ0n) is 34.9. The Balaban J connectivity index is 1.20. The maximum Gasteiger partial charge on any atom is 0.408 e. The van der Waals surface area contributed by atoms with E-state index in [1.807, 2.05) is 30.4 Å². The summed E-state index contributed by atoms with van der Waals surface area (Å²) in [5, 5.41) is 6.52. The minimum absolute atomic E-state index is 0.0383. The number of benzene rings is 1. The van der Waals surface area contributed by atoms with E-state index in [4.69, 9.17) is 19.2 Å². The molecule has 0 bridgehead atoms. The van der Waals surface area contributed by atoms with E-state index in [0.29, 0.717) is 37.2 Å². The lowest BCUT2D eigenvalue weighted by molar-refractivity contribution is -0.141. The van der Waals surface area contributed by atoms with Crippen molar-refractivity contribution in [1.82, 2.24) is 25.2 Å². The summed E-state index contributed by atoms with van der Waals surface area (Å²) in [4.78, 5) is 62.5. The highest BCUT2D eigenvalue weighted by atomic mass is 32.2. The van der Waals surface area contributed by atoms with Gasteiger partial charge in [0.1, 0.15) is 40.3 Å². The van der Waals surface area contributed by atoms with Gasteiger partial charge in [0.25, 0.3) is 5.91 Å². The summed E-state index contributed by atoms with van der Waals surface area (Å²) in [7, 11) is -2.38. The summed E-state index contributed by atoms with van der Waals surface area (Å²) >= 11 is 0. The van der Waals surface area contributed by atoms with Gasteiger partial charge in [0.05, 0.1) is 29.6 Å². The molecule has 2 aromatic rings. The van der Waals surface area contributed by atoms with E-state index in [1.54, 1.807) is 34.8 Å². The van der Waals surface area contributed by atoms with E-state index in [-0.39, 0.29) is 25.3 Å². The number of carbonyl (C=O) groups is 4. The minimum atomic E-state index is -4.00. The predicted octanol–water partition coefficient (Wildman–Crippen LogP) is 5.71. The van der Waals surface area contributed by atoms with Gasteiger partial charge in [-0.2, -0.15) is 0 Å². The lowest BCUT2D eigenvalue weighted by Gasteiger charge is -2.37. The largest absolute Gasteiger partial charge is 0.497 e. The number of nitrogens with one attached hydrogen (secondary N) is 3. The number of hydrogen-bond acceptors (Lipinski definition) is 10. The van der Waals surface area contributed by atoms with Crippen molar-refractivity contribution in [2.45, 2.75) is 158 Å². The monoisotopic (exact) mass is 821 g/mol. The molecule has 3 saturated carbocycles. The van der Waals surface area contributed by atoms with Crippen LogP contribution in [0.15, 0.2) is 30.4 Å². The van der Waals surface area contributed by atoms with Gasteiger partial charge in [0.15, 0.2) is 0 Å². The molecule has 4 fully saturated rings. The second-order valence-electron chi connectivity index (χ2n) is 18.4. The first kappa shape index (κ1) is 41.7. The van der Waals surface area contributed by atoms with Crippen LogP contribution in [0, 0.1) is 5.92 Å². The molecule has 2 aliphatic heterocycles. The smallest absolute Gasteiger partial charge is 0.408 e. The average Bonchev–Trinajstić information content (AvgIpc) is 4.09. The van der Waals surface area contributed by atoms with Crippen LogP contribution in [0.1, 0.15) is 129 Å². The first-order valence-electron chi connectivity index (χ1n) is 20.9. The molecule has 58 heavy (non-hydrogen) atoms. The second-order valence-corrected chi connectivity index (χ2v) is 20.6. The number of nitrogens with zero attached hydrogens (tertiary/aromatic N) is 2. The van der Waals surface area contributed by atoms with E-state index in [9.17, 15) is 27.6 Å². The first-order valence-corrected chi connectivity index (χ1v) is 22.4. The minimum Gasteiger partial charge on any atom is -0.497 e. The van der Waals surface area contributed by atoms with E-state index < -0.39 is 73.3 Å². The Kier molecular flexibility index (Phi) is 11.0. The van der Waals surface area contributed by atoms with Gasteiger partial charge in [0.2, 0.25) is 21.8 Å². The van der Waals surface area contributed by atoms with Crippen LogP contribution in [0.2, 0.25) is 0 Å². The summed E-state index contributed by atoms with van der Waals surface area (Å²) in [6.07, 6.45) is 11.2. The molecular formula is C43H59N5O9S. The third kappa shape index (κ3) is 8.37. The van der Waals surface area contributed by atoms with Gasteiger partial charge in [-0.05, 0) is 111 Å². The summed E-state index contributed by atoms with van der Waals surface area (Å²) in [6, 6.07) is 3.63. The fourth-order valence-electron chi connectivity index (χ4n) is 8.36. The van der Waals surface area contributed by atoms with E-state index in [0.717, 1.165) is 60.7 Å². The van der Waals surface area contributed by atoms with Gasteiger partial charge in [-0.15, -0.1) is 0 Å². The molecule has 1 aromatic heterocycles. The number of carbonyl (C=O) groups excluding carboxylic acids is 4. The molecule has 5 unspecified atom stereocenters. The normalized spacial score (nSPS) is 26.4. The number of likely N-dealkylation sites (tertiary alicyclic amines) is 1. The standard InChI is InChI=1S/C43H59N5O9S/c1-8-9-10-11-12-13-28-23-43(28,38(51)47-58(53,54)41(6)20-21-41)46-36(49)33-24-42(25-48(33)37(50)26(2)44-39(52)57-40(3,4)5)19-18-30-31-22-29(55-7)16-17-32(31)45-34(27-14-15-27)35(30)56-42/h12-13,16-17,22,26-28,33H,8-11,14-15,18-21,23-25H2,1-7H3,(H,44,52)(H,46,49)(H,47,51). The van der Waals surface area contributed by atoms with Crippen molar-refractivity contribution in [3.63, 3.8) is 0 Å². The molecule has 7 rings (SSSR count). The van der Waals surface area contributed by atoms with Crippen LogP contribution in [0.4, 0.5) is 4.79 Å². The van der Waals surface area contributed by atoms with Crippen molar-refractivity contribution in [3.8, 4) is 11.5 Å². The van der Waals surface area contributed by atoms with Gasteiger partial charge in [-0.25, -0.2) is 18.2 Å². The number of rotatable bonds is 14. The highest BCUT2D eigenvalue weighted by Crippen LogP contribution is 2.52. The Labute approximate surface area is 341 Å². The lowest BCUT2D eigenvalue weighted by atomic mass is 9.86. The number of alkyl carbamates (subject to hydrolysis) is 1. The summed E-state index contributed by atoms with van der Waals surface area (Å²) < 4.78 is 45.8. The van der Waals surface area contributed by atoms with E-state index in [2.05, 4.69) is 22.3 Å². The molecule has 1 spiro atoms. The highest BCUT2D eigenvalue weighted by Gasteiger charge is 2.64. The molecule has 3 aliphatic carbocycles. The van der Waals surface area contributed by atoms with Crippen molar-refractivity contribution in [1.29, 1.82) is 0 Å². The number of ether oxygens (including phenoxy) is 3. The van der Waals surface area contributed by atoms with Crippen LogP contribution < -0.4 is 24.8 Å². The van der Waals surface area contributed by atoms with Gasteiger partial charge in [0, 0.05) is 29.2 Å². The summed E-state index contributed by atoms with van der Waals surface area (Å²) in [6.45, 7) is 10.5. The molecule has 316 valence electrons. The van der Waals surface area contributed by atoms with Gasteiger partial charge >= 0.3 is 6.09 Å². The molecule has 5 atom stereocenters. The highest BCUT2D eigenvalue weighted by molar-refractivity contribution is 7.91. The zero-order valence-corrected chi connectivity index (χ0v) is 35.7. The molecule has 1 aromatic carbocycles. The number of fused-ring (bicyclic) bond motifs is 3. The third-order valence-corrected chi connectivity index (χ3v) is 14.6. The molecule has 4 amide bonds. The number of hydrogen-bond donors (Lipinski definition) is 3. The quantitative estimate of drug-likeness (QED) is 0.158. The van der Waals surface area contributed by atoms with Crippen LogP contribution in [-0.4, -0.2) is 89.3 Å². The van der Waals surface area contributed by atoms with Crippen LogP contribution in [-0.2, 0) is 35.6 Å². The van der Waals surface area contributed by atoms with Crippen molar-refractivity contribution in [3.05, 3.63) is 41.6 Å². The molecule has 14 nitrogen and oxygen atoms in total. The number of amides is 4. The summed E-state index contributed by atoms with van der Waals surface area (Å²) in [5.41, 5.74) is -0.594. The molecule has 15 heteroatoms. The fourth-order valence-corrected chi connectivity index (χ4v) is 9.67. The maximum atomic E-state index is 14.7. The second kappa shape index (κ2) is 15.3. The zero-order chi connectivity index (χ0) is 41.8. The lowest BCUT2D eigenvalue weighted by Crippen LogP contribution is -2.58. The van der Waals surface area contributed by atoms with Gasteiger partial charge in [-0.1, -0.05) is 31.9 Å². The number of aryl methyl sites for hydroxylation is 1. The Hall–Kier alpha value is -4.40. The number of allylic oxidation sites excluding steroid dienone is 1. The molecule has 1 saturated heterocycles. The van der Waals surface area contributed by atoms with Crippen molar-refractivity contribution < 1.29 is 41.8 Å². The van der Waals surface area contributed by atoms with E-state index >= 15 is 0 Å². The molecule has 0 radical (unpaired) electrons. The number of aromatic nitrogens is 1. The summed E-state index contributed by atoms with van der Waals surface area (Å²) in [5.74, 6) is -0.736. The van der Waals surface area contributed by atoms with E-state index in [1.165, 1.54) is 11.8 Å². The van der Waals surface area contributed by atoms with Crippen molar-refractivity contribution in [2.24, 2.45) is 5.92 Å². The van der Waals surface area contributed by atoms with Crippen molar-refractivity contribution >= 4 is 44.7 Å². The molecule has 3 N–H and O–H groups in total. The van der Waals surface area contributed by atoms with Crippen LogP contribution in [0.25, 0.3) is 10.9 Å². The van der Waals surface area contributed by atoms with Gasteiger partial charge < -0.3 is 29.7 Å². The van der Waals surface area contributed by atoms with Crippen LogP contribution in [0.5, 0.6) is 11.5 Å². The first-order chi connectivity index (χ1) is 27.3. The Morgan fingerprint density at radius 2 is 1.84 bits per heavy atom. The SMILES string of the molecule is CCCCCC=CC1CC1(NC(=O)C1CC2(CCc3c(c(C4CC4)nc4ccc(OC)cc34)O2)CN1C(=O)C(C)NC(=O)OC(C)(C)C)C(=O)NS(=O)(=O)C1(C)CC1. The fraction of sp³-hybridized carbons (Fsp3) is 0.651. The Bertz CT molecular complexity index is 2120. The molecule has 3 heterocycles. The topological polar surface area (TPSA) is 182 Å². The van der Waals surface area contributed by atoms with Gasteiger partial charge in [-0.3, -0.25) is 19.1 Å². The number of pyridine rings is 1. The number of unbranched alkanes of at least 4 members (excludes halogenated alkanes) is 3. The Morgan fingerprint density at radius 1 is 1.10 bits per heavy atom. The number of methoxy groups -OCH3 is 1. The number of sulfonamides is 1. The maximum absolute atomic E-state index is 14.7. The molecule has 5 aliphatic rings. The Morgan fingerprint density at radius 3 is 2.50 bits per heavy atom. The van der Waals surface area contributed by atoms with Crippen molar-refractivity contribution in [2.75, 3.05) is 13.7 Å². The average molecular weight is 822 g/mol. The van der Waals surface area contributed by atoms with Crippen LogP contribution in [0.3, 0.4) is 0 Å². The molecular weight excluding hydrogens is 763 g/mol. The third-order valence-electron chi connectivity index (χ3n) is 12.4. The van der Waals surface area contributed by atoms with Crippen LogP contribution >= 0.6 is 0 Å².